The van der Waals surface area contributed by atoms with E-state index in [2.05, 4.69) is 26.1 Å². The number of hydrogen-bond donors (Lipinski definition) is 1. The van der Waals surface area contributed by atoms with E-state index in [1.54, 1.807) is 0 Å². The Bertz CT molecular complexity index is 192. The molecule has 0 spiro atoms. The fraction of sp³-hybridized carbons (Fsp3) is 0.909. The number of urea groups is 1. The summed E-state index contributed by atoms with van der Waals surface area (Å²) in [6, 6.07) is 0.512. The van der Waals surface area contributed by atoms with E-state index >= 15 is 0 Å². The Hall–Kier alpha value is -0.730. The van der Waals surface area contributed by atoms with E-state index < -0.39 is 0 Å². The van der Waals surface area contributed by atoms with Crippen molar-refractivity contribution in [2.75, 3.05) is 13.1 Å². The lowest BCUT2D eigenvalue weighted by Gasteiger charge is -2.23. The fourth-order valence-corrected chi connectivity index (χ4v) is 1.88. The van der Waals surface area contributed by atoms with E-state index in [4.69, 9.17) is 0 Å². The molecule has 1 atom stereocenters. The molecule has 3 heteroatoms. The van der Waals surface area contributed by atoms with Crippen LogP contribution in [0.3, 0.4) is 0 Å². The summed E-state index contributed by atoms with van der Waals surface area (Å²) in [6.07, 6.45) is 3.62. The molecule has 1 N–H and O–H groups in total. The predicted molar refractivity (Wildman–Crippen MR) is 58.3 cm³/mol. The van der Waals surface area contributed by atoms with Crippen molar-refractivity contribution >= 4 is 6.03 Å². The SMILES string of the molecule is CC(C)CCCC(C)N1CCNC1=O. The molecule has 0 aromatic rings. The molecule has 1 rings (SSSR count). The molecule has 0 bridgehead atoms. The van der Waals surface area contributed by atoms with Crippen molar-refractivity contribution in [3.05, 3.63) is 0 Å². The molecule has 0 saturated carbocycles. The topological polar surface area (TPSA) is 32.3 Å². The second-order valence-corrected chi connectivity index (χ2v) is 4.60. The first-order chi connectivity index (χ1) is 6.61. The maximum absolute atomic E-state index is 11.3. The van der Waals surface area contributed by atoms with E-state index in [-0.39, 0.29) is 6.03 Å². The highest BCUT2D eigenvalue weighted by atomic mass is 16.2. The summed E-state index contributed by atoms with van der Waals surface area (Å²) in [7, 11) is 0. The molecule has 1 aliphatic rings. The van der Waals surface area contributed by atoms with E-state index in [1.165, 1.54) is 12.8 Å². The van der Waals surface area contributed by atoms with Gasteiger partial charge in [0.1, 0.15) is 0 Å². The normalized spacial score (nSPS) is 18.9. The van der Waals surface area contributed by atoms with Crippen LogP contribution in [0.4, 0.5) is 4.79 Å². The van der Waals surface area contributed by atoms with Crippen molar-refractivity contribution in [3.8, 4) is 0 Å². The monoisotopic (exact) mass is 198 g/mol. The van der Waals surface area contributed by atoms with Crippen LogP contribution in [-0.2, 0) is 0 Å². The lowest BCUT2D eigenvalue weighted by atomic mass is 10.0. The second-order valence-electron chi connectivity index (χ2n) is 4.60. The summed E-state index contributed by atoms with van der Waals surface area (Å²) in [5.41, 5.74) is 0. The van der Waals surface area contributed by atoms with E-state index in [0.717, 1.165) is 25.4 Å². The number of carbonyl (C=O) groups excluding carboxylic acids is 1. The zero-order chi connectivity index (χ0) is 10.6. The van der Waals surface area contributed by atoms with Crippen LogP contribution in [0.2, 0.25) is 0 Å². The first-order valence-electron chi connectivity index (χ1n) is 5.65. The Labute approximate surface area is 86.9 Å². The Balaban J connectivity index is 2.20. The minimum atomic E-state index is 0.113. The highest BCUT2D eigenvalue weighted by Crippen LogP contribution is 2.13. The Morgan fingerprint density at radius 3 is 2.57 bits per heavy atom. The Kier molecular flexibility index (Phi) is 4.23. The van der Waals surface area contributed by atoms with Gasteiger partial charge < -0.3 is 10.2 Å². The third-order valence-corrected chi connectivity index (χ3v) is 2.83. The van der Waals surface area contributed by atoms with Crippen LogP contribution in [0, 0.1) is 5.92 Å². The van der Waals surface area contributed by atoms with Gasteiger partial charge in [-0.15, -0.1) is 0 Å². The molecule has 1 fully saturated rings. The van der Waals surface area contributed by atoms with Gasteiger partial charge in [-0.3, -0.25) is 0 Å². The van der Waals surface area contributed by atoms with Crippen LogP contribution in [0.1, 0.15) is 40.0 Å². The van der Waals surface area contributed by atoms with Crippen molar-refractivity contribution in [2.45, 2.75) is 46.1 Å². The standard InChI is InChI=1S/C11H22N2O/c1-9(2)5-4-6-10(3)13-8-7-12-11(13)14/h9-10H,4-8H2,1-3H3,(H,12,14). The summed E-state index contributed by atoms with van der Waals surface area (Å²) >= 11 is 0. The molecule has 1 heterocycles. The maximum Gasteiger partial charge on any atom is 0.317 e. The molecule has 14 heavy (non-hydrogen) atoms. The largest absolute Gasteiger partial charge is 0.336 e. The van der Waals surface area contributed by atoms with Crippen LogP contribution in [-0.4, -0.2) is 30.1 Å². The van der Waals surface area contributed by atoms with E-state index in [1.807, 2.05) is 4.90 Å². The fourth-order valence-electron chi connectivity index (χ4n) is 1.88. The van der Waals surface area contributed by atoms with Gasteiger partial charge in [0.25, 0.3) is 0 Å². The molecule has 2 amide bonds. The number of amides is 2. The molecule has 0 radical (unpaired) electrons. The summed E-state index contributed by atoms with van der Waals surface area (Å²) in [4.78, 5) is 13.3. The average Bonchev–Trinajstić information content (AvgIpc) is 2.50. The van der Waals surface area contributed by atoms with E-state index in [0.29, 0.717) is 6.04 Å². The minimum absolute atomic E-state index is 0.113. The van der Waals surface area contributed by atoms with Crippen molar-refractivity contribution < 1.29 is 4.79 Å². The van der Waals surface area contributed by atoms with E-state index in [9.17, 15) is 4.79 Å². The summed E-state index contributed by atoms with van der Waals surface area (Å²) in [5.74, 6) is 0.773. The Morgan fingerprint density at radius 1 is 1.36 bits per heavy atom. The highest BCUT2D eigenvalue weighted by molar-refractivity contribution is 5.76. The third kappa shape index (κ3) is 3.20. The molecule has 3 nitrogen and oxygen atoms in total. The van der Waals surface area contributed by atoms with Gasteiger partial charge in [-0.25, -0.2) is 4.79 Å². The van der Waals surface area contributed by atoms with Crippen LogP contribution < -0.4 is 5.32 Å². The average molecular weight is 198 g/mol. The van der Waals surface area contributed by atoms with Gasteiger partial charge in [-0.2, -0.15) is 0 Å². The van der Waals surface area contributed by atoms with Crippen molar-refractivity contribution in [1.29, 1.82) is 0 Å². The zero-order valence-corrected chi connectivity index (χ0v) is 9.55. The number of hydrogen-bond acceptors (Lipinski definition) is 1. The van der Waals surface area contributed by atoms with Gasteiger partial charge >= 0.3 is 6.03 Å². The van der Waals surface area contributed by atoms with Crippen molar-refractivity contribution in [3.63, 3.8) is 0 Å². The van der Waals surface area contributed by atoms with Crippen molar-refractivity contribution in [2.24, 2.45) is 5.92 Å². The van der Waals surface area contributed by atoms with Gasteiger partial charge in [-0.1, -0.05) is 26.7 Å². The number of rotatable bonds is 5. The van der Waals surface area contributed by atoms with Crippen LogP contribution in [0.15, 0.2) is 0 Å². The number of nitrogens with zero attached hydrogens (tertiary/aromatic N) is 1. The number of nitrogens with one attached hydrogen (secondary N) is 1. The van der Waals surface area contributed by atoms with Gasteiger partial charge in [0.2, 0.25) is 0 Å². The van der Waals surface area contributed by atoms with Gasteiger partial charge in [0.05, 0.1) is 0 Å². The molecule has 0 aromatic carbocycles. The zero-order valence-electron chi connectivity index (χ0n) is 9.55. The summed E-state index contributed by atoms with van der Waals surface area (Å²) in [5, 5.41) is 2.84. The molecular formula is C11H22N2O. The van der Waals surface area contributed by atoms with Crippen LogP contribution in [0.5, 0.6) is 0 Å². The summed E-state index contributed by atoms with van der Waals surface area (Å²) < 4.78 is 0. The highest BCUT2D eigenvalue weighted by Gasteiger charge is 2.23. The molecule has 1 unspecified atom stereocenters. The maximum atomic E-state index is 11.3. The first kappa shape index (κ1) is 11.3. The third-order valence-electron chi connectivity index (χ3n) is 2.83. The second kappa shape index (κ2) is 5.23. The minimum Gasteiger partial charge on any atom is -0.336 e. The molecule has 0 aromatic heterocycles. The molecule has 1 aliphatic heterocycles. The first-order valence-corrected chi connectivity index (χ1v) is 5.65. The lowest BCUT2D eigenvalue weighted by molar-refractivity contribution is 0.197. The van der Waals surface area contributed by atoms with Crippen molar-refractivity contribution in [1.82, 2.24) is 10.2 Å². The van der Waals surface area contributed by atoms with Crippen LogP contribution in [0.25, 0.3) is 0 Å². The van der Waals surface area contributed by atoms with Gasteiger partial charge in [0, 0.05) is 19.1 Å². The molecule has 82 valence electrons. The van der Waals surface area contributed by atoms with Gasteiger partial charge in [0.15, 0.2) is 0 Å². The Morgan fingerprint density at radius 2 is 2.07 bits per heavy atom. The molecule has 0 aliphatic carbocycles. The smallest absolute Gasteiger partial charge is 0.317 e. The summed E-state index contributed by atoms with van der Waals surface area (Å²) in [6.45, 7) is 8.32. The quantitative estimate of drug-likeness (QED) is 0.722. The predicted octanol–water partition coefficient (Wildman–Crippen LogP) is 2.23. The molecular weight excluding hydrogens is 176 g/mol. The van der Waals surface area contributed by atoms with Gasteiger partial charge in [-0.05, 0) is 19.3 Å². The number of carbonyl (C=O) groups is 1. The van der Waals surface area contributed by atoms with Crippen LogP contribution >= 0.6 is 0 Å². The molecule has 1 saturated heterocycles. The lowest BCUT2D eigenvalue weighted by Crippen LogP contribution is -2.36.